The fourth-order valence-corrected chi connectivity index (χ4v) is 4.50. The molecule has 2 aliphatic rings. The van der Waals surface area contributed by atoms with E-state index >= 15 is 0 Å². The normalized spacial score (nSPS) is 17.7. The number of halogens is 1. The van der Waals surface area contributed by atoms with Crippen LogP contribution in [-0.4, -0.2) is 58.8 Å². The van der Waals surface area contributed by atoms with Crippen molar-refractivity contribution in [1.29, 1.82) is 0 Å². The van der Waals surface area contributed by atoms with Crippen molar-refractivity contribution in [3.8, 4) is 11.3 Å². The number of oxazole rings is 1. The Kier molecular flexibility index (Phi) is 5.03. The average molecular weight is 478 g/mol. The van der Waals surface area contributed by atoms with Gasteiger partial charge in [-0.2, -0.15) is 5.10 Å². The van der Waals surface area contributed by atoms with Crippen LogP contribution in [0.2, 0.25) is 0 Å². The van der Waals surface area contributed by atoms with Gasteiger partial charge in [0.25, 0.3) is 11.5 Å². The Balaban J connectivity index is 1.16. The van der Waals surface area contributed by atoms with Gasteiger partial charge in [0.2, 0.25) is 11.4 Å². The van der Waals surface area contributed by atoms with E-state index in [1.54, 1.807) is 17.0 Å². The number of imidazole rings is 1. The number of hydrogen-bond acceptors (Lipinski definition) is 7. The van der Waals surface area contributed by atoms with E-state index in [9.17, 15) is 19.1 Å². The predicted molar refractivity (Wildman–Crippen MR) is 121 cm³/mol. The number of likely N-dealkylation sites (tertiary alicyclic amines) is 1. The Morgan fingerprint density at radius 3 is 2.60 bits per heavy atom. The molecule has 4 heterocycles. The second-order valence-corrected chi connectivity index (χ2v) is 9.30. The molecule has 0 unspecified atom stereocenters. The third-order valence-electron chi connectivity index (χ3n) is 6.74. The Labute approximate surface area is 198 Å². The van der Waals surface area contributed by atoms with Crippen LogP contribution in [0.4, 0.5) is 4.39 Å². The average Bonchev–Trinajstić information content (AvgIpc) is 3.42. The zero-order valence-corrected chi connectivity index (χ0v) is 18.8. The van der Waals surface area contributed by atoms with Gasteiger partial charge in [-0.3, -0.25) is 14.2 Å². The summed E-state index contributed by atoms with van der Waals surface area (Å²) in [5.74, 6) is 0.569. The number of fused-ring (bicyclic) bond motifs is 1. The molecular formula is C24H23FN6O4. The number of piperidine rings is 1. The molecule has 1 aliphatic heterocycles. The first kappa shape index (κ1) is 21.7. The van der Waals surface area contributed by atoms with Crippen molar-refractivity contribution in [3.63, 3.8) is 0 Å². The maximum atomic E-state index is 13.3. The van der Waals surface area contributed by atoms with Crippen LogP contribution in [0.5, 0.6) is 0 Å². The number of carbonyl (C=O) groups is 1. The maximum absolute atomic E-state index is 13.3. The van der Waals surface area contributed by atoms with Crippen molar-refractivity contribution in [2.75, 3.05) is 13.1 Å². The van der Waals surface area contributed by atoms with E-state index in [4.69, 9.17) is 4.42 Å². The molecule has 1 N–H and O–H groups in total. The highest BCUT2D eigenvalue weighted by Crippen LogP contribution is 2.39. The zero-order valence-electron chi connectivity index (χ0n) is 18.8. The number of aromatic nitrogens is 5. The van der Waals surface area contributed by atoms with Gasteiger partial charge in [0.1, 0.15) is 12.1 Å². The van der Waals surface area contributed by atoms with Crippen LogP contribution >= 0.6 is 0 Å². The third-order valence-corrected chi connectivity index (χ3v) is 6.74. The summed E-state index contributed by atoms with van der Waals surface area (Å²) in [4.78, 5) is 35.9. The molecule has 2 fully saturated rings. The molecule has 35 heavy (non-hydrogen) atoms. The lowest BCUT2D eigenvalue weighted by Gasteiger charge is -2.38. The number of amides is 1. The van der Waals surface area contributed by atoms with Crippen LogP contribution < -0.4 is 5.56 Å². The summed E-state index contributed by atoms with van der Waals surface area (Å²) >= 11 is 0. The van der Waals surface area contributed by atoms with Gasteiger partial charge < -0.3 is 14.4 Å². The van der Waals surface area contributed by atoms with Gasteiger partial charge in [0, 0.05) is 24.6 Å². The summed E-state index contributed by atoms with van der Waals surface area (Å²) in [7, 11) is 0. The summed E-state index contributed by atoms with van der Waals surface area (Å²) < 4.78 is 21.6. The summed E-state index contributed by atoms with van der Waals surface area (Å²) in [6.07, 6.45) is 7.03. The molecule has 0 radical (unpaired) electrons. The van der Waals surface area contributed by atoms with Crippen molar-refractivity contribution >= 4 is 11.6 Å². The molecule has 1 saturated heterocycles. The highest BCUT2D eigenvalue weighted by molar-refractivity contribution is 5.91. The van der Waals surface area contributed by atoms with Crippen LogP contribution in [0.25, 0.3) is 16.9 Å². The van der Waals surface area contributed by atoms with E-state index in [1.165, 1.54) is 39.9 Å². The highest BCUT2D eigenvalue weighted by Gasteiger charge is 2.36. The number of hydrogen-bond donors (Lipinski definition) is 1. The first-order valence-corrected chi connectivity index (χ1v) is 11.6. The van der Waals surface area contributed by atoms with Gasteiger partial charge in [-0.1, -0.05) is 0 Å². The molecule has 1 saturated carbocycles. The number of aliphatic hydroxyl groups is 1. The van der Waals surface area contributed by atoms with E-state index in [-0.39, 0.29) is 29.7 Å². The van der Waals surface area contributed by atoms with Crippen LogP contribution in [0, 0.1) is 5.82 Å². The van der Waals surface area contributed by atoms with E-state index in [0.29, 0.717) is 49.0 Å². The Morgan fingerprint density at radius 1 is 1.14 bits per heavy atom. The predicted octanol–water partition coefficient (Wildman–Crippen LogP) is 2.23. The monoisotopic (exact) mass is 478 g/mol. The van der Waals surface area contributed by atoms with E-state index in [1.807, 2.05) is 0 Å². The SMILES string of the molecule is O=C(c1cnc(C2CC2)o1)N1CCC(O)(Cn2cnn3c(-c4ccc(F)cc4)cnc3c2=O)CC1. The van der Waals surface area contributed by atoms with E-state index in [0.717, 1.165) is 12.8 Å². The minimum Gasteiger partial charge on any atom is -0.435 e. The summed E-state index contributed by atoms with van der Waals surface area (Å²) in [6.45, 7) is 0.693. The molecule has 1 aliphatic carbocycles. The van der Waals surface area contributed by atoms with Crippen LogP contribution in [-0.2, 0) is 6.54 Å². The molecular weight excluding hydrogens is 455 g/mol. The number of rotatable bonds is 5. The second-order valence-electron chi connectivity index (χ2n) is 9.30. The lowest BCUT2D eigenvalue weighted by molar-refractivity contribution is -0.0306. The Hall–Kier alpha value is -3.86. The van der Waals surface area contributed by atoms with E-state index < -0.39 is 11.2 Å². The van der Waals surface area contributed by atoms with Crippen molar-refractivity contribution in [3.05, 3.63) is 70.8 Å². The van der Waals surface area contributed by atoms with Gasteiger partial charge in [-0.25, -0.2) is 18.9 Å². The molecule has 10 nitrogen and oxygen atoms in total. The first-order chi connectivity index (χ1) is 16.9. The molecule has 0 atom stereocenters. The Bertz CT molecular complexity index is 1460. The topological polar surface area (TPSA) is 119 Å². The van der Waals surface area contributed by atoms with Crippen LogP contribution in [0.1, 0.15) is 48.0 Å². The third kappa shape index (κ3) is 4.01. The van der Waals surface area contributed by atoms with E-state index in [2.05, 4.69) is 15.1 Å². The molecule has 4 aromatic rings. The van der Waals surface area contributed by atoms with Crippen molar-refractivity contribution in [2.45, 2.75) is 43.7 Å². The minimum absolute atomic E-state index is 0.0320. The molecule has 0 bridgehead atoms. The summed E-state index contributed by atoms with van der Waals surface area (Å²) in [5, 5.41) is 15.5. The quantitative estimate of drug-likeness (QED) is 0.467. The lowest BCUT2D eigenvalue weighted by Crippen LogP contribution is -2.49. The summed E-state index contributed by atoms with van der Waals surface area (Å²) in [6, 6.07) is 5.85. The maximum Gasteiger partial charge on any atom is 0.296 e. The van der Waals surface area contributed by atoms with Crippen molar-refractivity contribution in [1.82, 2.24) is 29.0 Å². The Morgan fingerprint density at radius 2 is 1.89 bits per heavy atom. The second kappa shape index (κ2) is 8.12. The fraction of sp³-hybridized carbons (Fsp3) is 0.375. The molecule has 3 aromatic heterocycles. The fourth-order valence-electron chi connectivity index (χ4n) is 4.50. The van der Waals surface area contributed by atoms with Crippen molar-refractivity contribution in [2.24, 2.45) is 0 Å². The summed E-state index contributed by atoms with van der Waals surface area (Å²) in [5.41, 5.74) is -0.218. The van der Waals surface area contributed by atoms with Crippen LogP contribution in [0.15, 0.2) is 52.2 Å². The molecule has 1 amide bonds. The number of carbonyl (C=O) groups excluding carboxylic acids is 1. The molecule has 180 valence electrons. The molecule has 1 aromatic carbocycles. The highest BCUT2D eigenvalue weighted by atomic mass is 19.1. The standard InChI is InChI=1S/C24H23FN6O4/c25-17-5-3-15(4-6-17)18-11-26-20-23(33)30(14-28-31(18)20)13-24(34)7-9-29(10-8-24)22(32)19-12-27-21(35-19)16-1-2-16/h3-6,11-12,14,16,34H,1-2,7-10,13H2. The first-order valence-electron chi connectivity index (χ1n) is 11.6. The molecule has 6 rings (SSSR count). The van der Waals surface area contributed by atoms with Gasteiger partial charge in [-0.05, 0) is 49.9 Å². The number of benzene rings is 1. The van der Waals surface area contributed by atoms with Crippen molar-refractivity contribution < 1.29 is 18.7 Å². The zero-order chi connectivity index (χ0) is 24.2. The smallest absolute Gasteiger partial charge is 0.296 e. The number of nitrogens with zero attached hydrogens (tertiary/aromatic N) is 6. The van der Waals surface area contributed by atoms with Gasteiger partial charge in [0.15, 0.2) is 5.89 Å². The van der Waals surface area contributed by atoms with Gasteiger partial charge >= 0.3 is 0 Å². The van der Waals surface area contributed by atoms with Gasteiger partial charge in [0.05, 0.1) is 30.2 Å². The lowest BCUT2D eigenvalue weighted by atomic mass is 9.91. The minimum atomic E-state index is -1.17. The van der Waals surface area contributed by atoms with Gasteiger partial charge in [-0.15, -0.1) is 0 Å². The molecule has 11 heteroatoms. The van der Waals surface area contributed by atoms with Crippen LogP contribution in [0.3, 0.4) is 0 Å². The molecule has 0 spiro atoms. The largest absolute Gasteiger partial charge is 0.435 e.